The van der Waals surface area contributed by atoms with Crippen LogP contribution in [0.1, 0.15) is 85.6 Å². The van der Waals surface area contributed by atoms with E-state index in [9.17, 15) is 5.11 Å². The quantitative estimate of drug-likeness (QED) is 0.212. The molecule has 1 saturated carbocycles. The zero-order valence-corrected chi connectivity index (χ0v) is 22.0. The predicted molar refractivity (Wildman–Crippen MR) is 134 cm³/mol. The Labute approximate surface area is 193 Å². The highest BCUT2D eigenvalue weighted by Gasteiger charge is 2.45. The average Bonchev–Trinajstić information content (AvgIpc) is 3.49. The molecular weight excluding hydrogens is 400 g/mol. The van der Waals surface area contributed by atoms with Gasteiger partial charge in [0.05, 0.1) is 19.3 Å². The molecule has 0 bridgehead atoms. The number of benzene rings is 1. The van der Waals surface area contributed by atoms with E-state index in [1.807, 2.05) is 18.2 Å². The highest BCUT2D eigenvalue weighted by molar-refractivity contribution is 6.77. The van der Waals surface area contributed by atoms with Gasteiger partial charge in [-0.05, 0) is 53.3 Å². The first-order chi connectivity index (χ1) is 14.8. The Kier molecular flexibility index (Phi) is 11.3. The molecule has 0 unspecified atom stereocenters. The molecule has 1 aromatic carbocycles. The van der Waals surface area contributed by atoms with Gasteiger partial charge in [-0.1, -0.05) is 91.1 Å². The van der Waals surface area contributed by atoms with Crippen LogP contribution < -0.4 is 0 Å². The lowest BCUT2D eigenvalue weighted by Crippen LogP contribution is -2.47. The molecule has 31 heavy (non-hydrogen) atoms. The third-order valence-corrected chi connectivity index (χ3v) is 13.5. The average molecular weight is 449 g/mol. The van der Waals surface area contributed by atoms with Crippen molar-refractivity contribution in [3.8, 4) is 0 Å². The molecule has 0 amide bonds. The van der Waals surface area contributed by atoms with Crippen LogP contribution in [0.15, 0.2) is 30.3 Å². The van der Waals surface area contributed by atoms with Gasteiger partial charge in [0.15, 0.2) is 8.32 Å². The van der Waals surface area contributed by atoms with Crippen LogP contribution in [-0.4, -0.2) is 32.7 Å². The lowest BCUT2D eigenvalue weighted by molar-refractivity contribution is 0.0865. The predicted octanol–water partition coefficient (Wildman–Crippen LogP) is 7.34. The normalized spacial score (nSPS) is 20.1. The van der Waals surface area contributed by atoms with Gasteiger partial charge in [0.2, 0.25) is 0 Å². The summed E-state index contributed by atoms with van der Waals surface area (Å²) in [6.07, 6.45) is 6.58. The lowest BCUT2D eigenvalue weighted by atomic mass is 10.0. The van der Waals surface area contributed by atoms with E-state index < -0.39 is 8.32 Å². The van der Waals surface area contributed by atoms with Crippen LogP contribution in [0.4, 0.5) is 0 Å². The monoisotopic (exact) mass is 448 g/mol. The molecule has 0 radical (unpaired) electrons. The highest BCUT2D eigenvalue weighted by Crippen LogP contribution is 2.43. The maximum absolute atomic E-state index is 10.5. The molecular formula is C27H48O3Si. The van der Waals surface area contributed by atoms with E-state index in [4.69, 9.17) is 9.16 Å². The minimum atomic E-state index is -1.71. The van der Waals surface area contributed by atoms with Gasteiger partial charge in [0.1, 0.15) is 0 Å². The first-order valence-electron chi connectivity index (χ1n) is 12.7. The van der Waals surface area contributed by atoms with Gasteiger partial charge in [-0.25, -0.2) is 0 Å². The minimum Gasteiger partial charge on any atom is -0.416 e. The fraction of sp³-hybridized carbons (Fsp3) is 0.778. The molecule has 0 saturated heterocycles. The molecule has 0 spiro atoms. The molecule has 0 aliphatic heterocycles. The molecule has 3 atom stereocenters. The molecule has 1 aromatic rings. The Morgan fingerprint density at radius 2 is 1.52 bits per heavy atom. The van der Waals surface area contributed by atoms with Gasteiger partial charge in [-0.2, -0.15) is 0 Å². The number of hydrogen-bond acceptors (Lipinski definition) is 3. The summed E-state index contributed by atoms with van der Waals surface area (Å²) in [6.45, 7) is 16.5. The topological polar surface area (TPSA) is 38.7 Å². The standard InChI is InChI=1S/C27H48O3Si/c1-21(2)31(22(3)4,23(5)6)30-17-13-8-7-12-16-27(28)26-18-25(26)20-29-19-24-14-10-9-11-15-24/h9-11,14-15,21-23,25-28H,7-8,12-13,16-20H2,1-6H3/t25-,26+,27+/m0/s1. The number of aliphatic hydroxyl groups is 1. The molecule has 178 valence electrons. The summed E-state index contributed by atoms with van der Waals surface area (Å²) >= 11 is 0. The Morgan fingerprint density at radius 1 is 0.903 bits per heavy atom. The van der Waals surface area contributed by atoms with E-state index in [-0.39, 0.29) is 6.10 Å². The number of ether oxygens (including phenoxy) is 1. The maximum atomic E-state index is 10.5. The van der Waals surface area contributed by atoms with Gasteiger partial charge in [0.25, 0.3) is 0 Å². The van der Waals surface area contributed by atoms with Crippen molar-refractivity contribution >= 4 is 8.32 Å². The Morgan fingerprint density at radius 3 is 2.13 bits per heavy atom. The zero-order valence-electron chi connectivity index (χ0n) is 21.0. The summed E-state index contributed by atoms with van der Waals surface area (Å²) in [7, 11) is -1.71. The van der Waals surface area contributed by atoms with Crippen LogP contribution in [0, 0.1) is 11.8 Å². The zero-order chi connectivity index (χ0) is 22.9. The number of aliphatic hydroxyl groups excluding tert-OH is 1. The van der Waals surface area contributed by atoms with Crippen LogP contribution in [0.2, 0.25) is 16.6 Å². The second-order valence-electron chi connectivity index (χ2n) is 10.6. The maximum Gasteiger partial charge on any atom is 0.200 e. The summed E-state index contributed by atoms with van der Waals surface area (Å²) < 4.78 is 12.5. The Balaban J connectivity index is 1.53. The van der Waals surface area contributed by atoms with Crippen molar-refractivity contribution < 1.29 is 14.3 Å². The SMILES string of the molecule is CC(C)[Si](OCCCCCC[C@@H](O)[C@@H]1C[C@H]1COCc1ccccc1)(C(C)C)C(C)C. The third-order valence-electron chi connectivity index (χ3n) is 7.37. The van der Waals surface area contributed by atoms with E-state index in [2.05, 4.69) is 53.7 Å². The van der Waals surface area contributed by atoms with Crippen LogP contribution in [0.25, 0.3) is 0 Å². The Bertz CT molecular complexity index is 580. The molecule has 0 heterocycles. The second kappa shape index (κ2) is 13.1. The van der Waals surface area contributed by atoms with Gasteiger partial charge >= 0.3 is 0 Å². The van der Waals surface area contributed by atoms with Crippen molar-refractivity contribution in [3.63, 3.8) is 0 Å². The van der Waals surface area contributed by atoms with Crippen LogP contribution in [0.5, 0.6) is 0 Å². The number of rotatable bonds is 16. The molecule has 1 aliphatic carbocycles. The number of unbranched alkanes of at least 4 members (excludes halogenated alkanes) is 3. The van der Waals surface area contributed by atoms with Gasteiger partial charge < -0.3 is 14.3 Å². The fourth-order valence-corrected chi connectivity index (χ4v) is 11.1. The summed E-state index contributed by atoms with van der Waals surface area (Å²) in [5.74, 6) is 1.00. The van der Waals surface area contributed by atoms with Crippen molar-refractivity contribution in [2.75, 3.05) is 13.2 Å². The number of hydrogen-bond donors (Lipinski definition) is 1. The van der Waals surface area contributed by atoms with E-state index in [1.54, 1.807) is 0 Å². The van der Waals surface area contributed by atoms with E-state index >= 15 is 0 Å². The molecule has 2 rings (SSSR count). The fourth-order valence-electron chi connectivity index (χ4n) is 5.61. The summed E-state index contributed by atoms with van der Waals surface area (Å²) in [5.41, 5.74) is 3.20. The highest BCUT2D eigenvalue weighted by atomic mass is 28.4. The van der Waals surface area contributed by atoms with E-state index in [1.165, 1.54) is 18.4 Å². The van der Waals surface area contributed by atoms with E-state index in [0.717, 1.165) is 38.9 Å². The van der Waals surface area contributed by atoms with Crippen molar-refractivity contribution in [1.29, 1.82) is 0 Å². The van der Waals surface area contributed by atoms with Gasteiger partial charge in [-0.15, -0.1) is 0 Å². The van der Waals surface area contributed by atoms with E-state index in [0.29, 0.717) is 35.1 Å². The van der Waals surface area contributed by atoms with Crippen molar-refractivity contribution in [2.24, 2.45) is 11.8 Å². The largest absolute Gasteiger partial charge is 0.416 e. The molecule has 4 heteroatoms. The van der Waals surface area contributed by atoms with Crippen molar-refractivity contribution in [3.05, 3.63) is 35.9 Å². The smallest absolute Gasteiger partial charge is 0.200 e. The molecule has 3 nitrogen and oxygen atoms in total. The van der Waals surface area contributed by atoms with Crippen molar-refractivity contribution in [2.45, 2.75) is 109 Å². The molecule has 1 fully saturated rings. The summed E-state index contributed by atoms with van der Waals surface area (Å²) in [6, 6.07) is 10.3. The van der Waals surface area contributed by atoms with Crippen molar-refractivity contribution in [1.82, 2.24) is 0 Å². The van der Waals surface area contributed by atoms with Gasteiger partial charge in [0, 0.05) is 6.61 Å². The molecule has 1 N–H and O–H groups in total. The second-order valence-corrected chi connectivity index (χ2v) is 16.1. The summed E-state index contributed by atoms with van der Waals surface area (Å²) in [4.78, 5) is 0. The first-order valence-corrected chi connectivity index (χ1v) is 14.9. The lowest BCUT2D eigenvalue weighted by Gasteiger charge is -2.42. The third kappa shape index (κ3) is 7.99. The molecule has 0 aromatic heterocycles. The Hall–Kier alpha value is -0.683. The molecule has 1 aliphatic rings. The van der Waals surface area contributed by atoms with Crippen LogP contribution in [0.3, 0.4) is 0 Å². The summed E-state index contributed by atoms with van der Waals surface area (Å²) in [5, 5.41) is 10.5. The first kappa shape index (κ1) is 26.6. The van der Waals surface area contributed by atoms with Crippen LogP contribution in [-0.2, 0) is 15.8 Å². The van der Waals surface area contributed by atoms with Crippen LogP contribution >= 0.6 is 0 Å². The van der Waals surface area contributed by atoms with Gasteiger partial charge in [-0.3, -0.25) is 0 Å². The minimum absolute atomic E-state index is 0.149.